The molecule has 1 atom stereocenters. The minimum absolute atomic E-state index is 0.0406. The predicted octanol–water partition coefficient (Wildman–Crippen LogP) is 2.71. The van der Waals surface area contributed by atoms with E-state index in [9.17, 15) is 0 Å². The highest BCUT2D eigenvalue weighted by molar-refractivity contribution is 7.99. The molecule has 0 aliphatic rings. The summed E-state index contributed by atoms with van der Waals surface area (Å²) >= 11 is 7.47. The van der Waals surface area contributed by atoms with Crippen LogP contribution in [-0.2, 0) is 0 Å². The topological polar surface area (TPSA) is 59.1 Å². The number of halogens is 1. The Bertz CT molecular complexity index is 330. The molecule has 1 rings (SSSR count). The van der Waals surface area contributed by atoms with Crippen LogP contribution in [0.1, 0.15) is 26.2 Å². The molecule has 3 N–H and O–H groups in total. The molecule has 0 spiro atoms. The van der Waals surface area contributed by atoms with E-state index < -0.39 is 5.54 Å². The zero-order chi connectivity index (χ0) is 12.7. The van der Waals surface area contributed by atoms with E-state index in [1.54, 1.807) is 18.0 Å². The molecule has 0 saturated carbocycles. The molecule has 5 heteroatoms. The van der Waals surface area contributed by atoms with Crippen LogP contribution in [0.25, 0.3) is 0 Å². The zero-order valence-corrected chi connectivity index (χ0v) is 11.6. The summed E-state index contributed by atoms with van der Waals surface area (Å²) in [6, 6.07) is 3.77. The number of thioether (sulfide) groups is 1. The molecule has 0 radical (unpaired) electrons. The van der Waals surface area contributed by atoms with Crippen molar-refractivity contribution >= 4 is 23.4 Å². The van der Waals surface area contributed by atoms with Gasteiger partial charge in [0.2, 0.25) is 0 Å². The summed E-state index contributed by atoms with van der Waals surface area (Å²) in [5.41, 5.74) is 5.40. The van der Waals surface area contributed by atoms with Crippen molar-refractivity contribution in [1.82, 2.24) is 4.98 Å². The van der Waals surface area contributed by atoms with Crippen LogP contribution in [0.2, 0.25) is 5.02 Å². The lowest BCUT2D eigenvalue weighted by Crippen LogP contribution is -2.39. The van der Waals surface area contributed by atoms with Crippen LogP contribution < -0.4 is 5.73 Å². The highest BCUT2D eigenvalue weighted by Gasteiger charge is 2.15. The van der Waals surface area contributed by atoms with Crippen molar-refractivity contribution < 1.29 is 5.11 Å². The third kappa shape index (κ3) is 6.27. The second kappa shape index (κ2) is 7.21. The maximum Gasteiger partial charge on any atom is 0.0960 e. The van der Waals surface area contributed by atoms with Crippen LogP contribution in [0.15, 0.2) is 23.4 Å². The summed E-state index contributed by atoms with van der Waals surface area (Å²) in [5.74, 6) is 1.01. The molecule has 0 bridgehead atoms. The van der Waals surface area contributed by atoms with E-state index in [1.165, 1.54) is 0 Å². The van der Waals surface area contributed by atoms with Crippen molar-refractivity contribution in [2.75, 3.05) is 12.4 Å². The summed E-state index contributed by atoms with van der Waals surface area (Å²) in [7, 11) is 0. The standard InChI is InChI=1S/C12H19ClN2OS/c1-12(14,9-16)6-2-3-7-17-11-5-4-10(13)8-15-11/h4-5,8,16H,2-3,6-7,9,14H2,1H3. The fraction of sp³-hybridized carbons (Fsp3) is 0.583. The molecule has 3 nitrogen and oxygen atoms in total. The van der Waals surface area contributed by atoms with E-state index in [1.807, 2.05) is 19.1 Å². The third-order valence-corrected chi connectivity index (χ3v) is 3.71. The van der Waals surface area contributed by atoms with Crippen molar-refractivity contribution in [3.63, 3.8) is 0 Å². The van der Waals surface area contributed by atoms with E-state index in [2.05, 4.69) is 4.98 Å². The van der Waals surface area contributed by atoms with E-state index in [0.717, 1.165) is 30.0 Å². The fourth-order valence-corrected chi connectivity index (χ4v) is 2.30. The van der Waals surface area contributed by atoms with Gasteiger partial charge in [0.25, 0.3) is 0 Å². The van der Waals surface area contributed by atoms with Crippen LogP contribution in [0.3, 0.4) is 0 Å². The quantitative estimate of drug-likeness (QED) is 0.593. The van der Waals surface area contributed by atoms with Crippen LogP contribution in [0, 0.1) is 0 Å². The summed E-state index contributed by atoms with van der Waals surface area (Å²) in [6.45, 7) is 1.92. The maximum absolute atomic E-state index is 9.00. The highest BCUT2D eigenvalue weighted by Crippen LogP contribution is 2.19. The first-order valence-electron chi connectivity index (χ1n) is 5.67. The molecule has 17 heavy (non-hydrogen) atoms. The molecule has 0 aliphatic carbocycles. The number of pyridine rings is 1. The molecule has 1 aromatic rings. The minimum atomic E-state index is -0.441. The van der Waals surface area contributed by atoms with Gasteiger partial charge in [0.05, 0.1) is 16.7 Å². The molecule has 0 aliphatic heterocycles. The number of aromatic nitrogens is 1. The van der Waals surface area contributed by atoms with Crippen molar-refractivity contribution in [2.45, 2.75) is 36.8 Å². The average Bonchev–Trinajstić information content (AvgIpc) is 2.31. The first-order chi connectivity index (χ1) is 8.03. The van der Waals surface area contributed by atoms with Crippen LogP contribution in [0.5, 0.6) is 0 Å². The largest absolute Gasteiger partial charge is 0.394 e. The smallest absolute Gasteiger partial charge is 0.0960 e. The lowest BCUT2D eigenvalue weighted by Gasteiger charge is -2.21. The van der Waals surface area contributed by atoms with Gasteiger partial charge >= 0.3 is 0 Å². The second-order valence-electron chi connectivity index (χ2n) is 4.43. The first kappa shape index (κ1) is 14.8. The summed E-state index contributed by atoms with van der Waals surface area (Å²) < 4.78 is 0. The molecule has 0 fully saturated rings. The Morgan fingerprint density at radius 3 is 2.82 bits per heavy atom. The van der Waals surface area contributed by atoms with Crippen LogP contribution >= 0.6 is 23.4 Å². The highest BCUT2D eigenvalue weighted by atomic mass is 35.5. The monoisotopic (exact) mass is 274 g/mol. The Hall–Kier alpha value is -0.290. The van der Waals surface area contributed by atoms with E-state index in [0.29, 0.717) is 5.02 Å². The van der Waals surface area contributed by atoms with E-state index >= 15 is 0 Å². The number of nitrogens with zero attached hydrogens (tertiary/aromatic N) is 1. The van der Waals surface area contributed by atoms with Crippen molar-refractivity contribution in [2.24, 2.45) is 5.73 Å². The summed E-state index contributed by atoms with van der Waals surface area (Å²) in [5, 5.41) is 10.7. The lowest BCUT2D eigenvalue weighted by molar-refractivity contribution is 0.198. The maximum atomic E-state index is 9.00. The lowest BCUT2D eigenvalue weighted by atomic mass is 9.98. The van der Waals surface area contributed by atoms with E-state index in [4.69, 9.17) is 22.4 Å². The second-order valence-corrected chi connectivity index (χ2v) is 5.98. The molecule has 96 valence electrons. The molecule has 0 amide bonds. The number of hydrogen-bond acceptors (Lipinski definition) is 4. The molecule has 1 unspecified atom stereocenters. The number of aliphatic hydroxyl groups excluding tert-OH is 1. The van der Waals surface area contributed by atoms with Gasteiger partial charge in [0.1, 0.15) is 0 Å². The van der Waals surface area contributed by atoms with Gasteiger partial charge in [-0.25, -0.2) is 4.98 Å². The zero-order valence-electron chi connectivity index (χ0n) is 10.0. The van der Waals surface area contributed by atoms with Crippen LogP contribution in [-0.4, -0.2) is 28.0 Å². The number of aliphatic hydroxyl groups is 1. The first-order valence-corrected chi connectivity index (χ1v) is 7.04. The summed E-state index contributed by atoms with van der Waals surface area (Å²) in [4.78, 5) is 4.21. The minimum Gasteiger partial charge on any atom is -0.394 e. The number of unbranched alkanes of at least 4 members (excludes halogenated alkanes) is 1. The Morgan fingerprint density at radius 2 is 2.24 bits per heavy atom. The Labute approximate surface area is 112 Å². The molecule has 0 aromatic carbocycles. The Balaban J connectivity index is 2.14. The Morgan fingerprint density at radius 1 is 1.47 bits per heavy atom. The third-order valence-electron chi connectivity index (χ3n) is 2.45. The molecular formula is C12H19ClN2OS. The normalized spacial score (nSPS) is 14.6. The SMILES string of the molecule is CC(N)(CO)CCCCSc1ccc(Cl)cn1. The van der Waals surface area contributed by atoms with Gasteiger partial charge in [-0.05, 0) is 37.7 Å². The van der Waals surface area contributed by atoms with Gasteiger partial charge in [0.15, 0.2) is 0 Å². The van der Waals surface area contributed by atoms with Gasteiger partial charge in [-0.2, -0.15) is 0 Å². The molecule has 1 heterocycles. The van der Waals surface area contributed by atoms with Crippen LogP contribution in [0.4, 0.5) is 0 Å². The predicted molar refractivity (Wildman–Crippen MR) is 73.5 cm³/mol. The fourth-order valence-electron chi connectivity index (χ4n) is 1.33. The summed E-state index contributed by atoms with van der Waals surface area (Å²) in [6.07, 6.45) is 4.60. The van der Waals surface area contributed by atoms with Gasteiger partial charge in [-0.1, -0.05) is 18.0 Å². The van der Waals surface area contributed by atoms with Crippen molar-refractivity contribution in [3.05, 3.63) is 23.4 Å². The molecule has 0 saturated heterocycles. The van der Waals surface area contributed by atoms with Crippen molar-refractivity contribution in [3.8, 4) is 0 Å². The van der Waals surface area contributed by atoms with Gasteiger partial charge in [-0.15, -0.1) is 11.8 Å². The van der Waals surface area contributed by atoms with Gasteiger partial charge in [0, 0.05) is 11.7 Å². The molecule has 1 aromatic heterocycles. The number of nitrogens with two attached hydrogens (primary N) is 1. The van der Waals surface area contributed by atoms with E-state index in [-0.39, 0.29) is 6.61 Å². The van der Waals surface area contributed by atoms with Gasteiger partial charge in [-0.3, -0.25) is 0 Å². The average molecular weight is 275 g/mol. The Kier molecular flexibility index (Phi) is 6.27. The van der Waals surface area contributed by atoms with Crippen molar-refractivity contribution in [1.29, 1.82) is 0 Å². The number of rotatable bonds is 7. The van der Waals surface area contributed by atoms with Gasteiger partial charge < -0.3 is 10.8 Å². The number of hydrogen-bond donors (Lipinski definition) is 2. The molecular weight excluding hydrogens is 256 g/mol.